The number of aromatic nitrogens is 1. The Hall–Kier alpha value is -1.09. The summed E-state index contributed by atoms with van der Waals surface area (Å²) < 4.78 is 0. The van der Waals surface area contributed by atoms with E-state index in [1.807, 2.05) is 19.2 Å². The molecule has 1 rings (SSSR count). The van der Waals surface area contributed by atoms with Crippen LogP contribution in [0.4, 0.5) is 5.82 Å². The summed E-state index contributed by atoms with van der Waals surface area (Å²) in [5, 5.41) is 9.54. The number of anilines is 1. The third kappa shape index (κ3) is 2.73. The van der Waals surface area contributed by atoms with Gasteiger partial charge in [0.25, 0.3) is 0 Å². The van der Waals surface area contributed by atoms with Crippen LogP contribution in [0.25, 0.3) is 0 Å². The maximum Gasteiger partial charge on any atom is 0.129 e. The van der Waals surface area contributed by atoms with E-state index >= 15 is 0 Å². The number of hydrogen-bond donors (Lipinski definition) is 1. The lowest BCUT2D eigenvalue weighted by Crippen LogP contribution is -2.41. The Morgan fingerprint density at radius 2 is 2.12 bits per heavy atom. The molecule has 0 aliphatic rings. The molecule has 0 amide bonds. The van der Waals surface area contributed by atoms with Gasteiger partial charge in [0.1, 0.15) is 5.82 Å². The molecule has 0 saturated carbocycles. The van der Waals surface area contributed by atoms with Crippen molar-refractivity contribution >= 4 is 5.82 Å². The third-order valence-electron chi connectivity index (χ3n) is 3.37. The summed E-state index contributed by atoms with van der Waals surface area (Å²) in [5.74, 6) is 0.908. The number of aliphatic hydroxyl groups is 1. The van der Waals surface area contributed by atoms with E-state index in [0.29, 0.717) is 0 Å². The molecule has 0 radical (unpaired) electrons. The van der Waals surface area contributed by atoms with Gasteiger partial charge >= 0.3 is 0 Å². The van der Waals surface area contributed by atoms with Crippen molar-refractivity contribution in [2.45, 2.75) is 45.8 Å². The van der Waals surface area contributed by atoms with Crippen molar-refractivity contribution in [2.75, 3.05) is 11.9 Å². The smallest absolute Gasteiger partial charge is 0.129 e. The standard InChI is InChI=1S/C13H22N2O/c1-6-13(3,4)15(5)12-9-11(10(2)16)7-8-14-12/h7-10,16H,6H2,1-5H3/t10-/m1/s1. The van der Waals surface area contributed by atoms with Crippen molar-refractivity contribution in [3.8, 4) is 0 Å². The molecule has 1 aromatic rings. The lowest BCUT2D eigenvalue weighted by molar-refractivity contribution is 0.199. The molecular weight excluding hydrogens is 200 g/mol. The van der Waals surface area contributed by atoms with Crippen LogP contribution in [0.5, 0.6) is 0 Å². The molecule has 0 spiro atoms. The molecule has 0 saturated heterocycles. The van der Waals surface area contributed by atoms with E-state index in [9.17, 15) is 5.11 Å². The van der Waals surface area contributed by atoms with Gasteiger partial charge in [-0.2, -0.15) is 0 Å². The van der Waals surface area contributed by atoms with Gasteiger partial charge in [0.15, 0.2) is 0 Å². The highest BCUT2D eigenvalue weighted by atomic mass is 16.3. The fraction of sp³-hybridized carbons (Fsp3) is 0.615. The van der Waals surface area contributed by atoms with Crippen molar-refractivity contribution in [1.82, 2.24) is 4.98 Å². The van der Waals surface area contributed by atoms with Gasteiger partial charge in [-0.1, -0.05) is 6.92 Å². The van der Waals surface area contributed by atoms with Crippen LogP contribution < -0.4 is 4.90 Å². The molecule has 0 unspecified atom stereocenters. The van der Waals surface area contributed by atoms with Crippen LogP contribution in [0.15, 0.2) is 18.3 Å². The minimum atomic E-state index is -0.445. The van der Waals surface area contributed by atoms with E-state index in [4.69, 9.17) is 0 Å². The molecule has 0 bridgehead atoms. The highest BCUT2D eigenvalue weighted by Gasteiger charge is 2.22. The molecule has 3 nitrogen and oxygen atoms in total. The molecule has 1 aromatic heterocycles. The van der Waals surface area contributed by atoms with Crippen molar-refractivity contribution in [3.05, 3.63) is 23.9 Å². The number of rotatable bonds is 4. The van der Waals surface area contributed by atoms with Crippen molar-refractivity contribution < 1.29 is 5.11 Å². The number of nitrogens with zero attached hydrogens (tertiary/aromatic N) is 2. The van der Waals surface area contributed by atoms with Crippen molar-refractivity contribution in [3.63, 3.8) is 0 Å². The summed E-state index contributed by atoms with van der Waals surface area (Å²) in [5.41, 5.74) is 0.980. The van der Waals surface area contributed by atoms with E-state index in [-0.39, 0.29) is 5.54 Å². The average molecular weight is 222 g/mol. The first-order chi connectivity index (χ1) is 7.38. The minimum absolute atomic E-state index is 0.0737. The predicted octanol–water partition coefficient (Wildman–Crippen LogP) is 2.76. The molecule has 1 N–H and O–H groups in total. The summed E-state index contributed by atoms with van der Waals surface area (Å²) in [6.45, 7) is 8.30. The van der Waals surface area contributed by atoms with Gasteiger partial charge in [-0.25, -0.2) is 4.98 Å². The molecule has 1 atom stereocenters. The van der Waals surface area contributed by atoms with Crippen LogP contribution in [0.2, 0.25) is 0 Å². The van der Waals surface area contributed by atoms with E-state index < -0.39 is 6.10 Å². The topological polar surface area (TPSA) is 36.4 Å². The van der Waals surface area contributed by atoms with Crippen LogP contribution in [-0.4, -0.2) is 22.7 Å². The first-order valence-electron chi connectivity index (χ1n) is 5.76. The molecule has 0 aliphatic carbocycles. The van der Waals surface area contributed by atoms with E-state index in [0.717, 1.165) is 17.8 Å². The second-order valence-electron chi connectivity index (χ2n) is 4.85. The quantitative estimate of drug-likeness (QED) is 0.851. The predicted molar refractivity (Wildman–Crippen MR) is 67.6 cm³/mol. The summed E-state index contributed by atoms with van der Waals surface area (Å²) in [4.78, 5) is 6.50. The summed E-state index contributed by atoms with van der Waals surface area (Å²) in [7, 11) is 2.04. The van der Waals surface area contributed by atoms with Gasteiger partial charge in [0.05, 0.1) is 6.10 Å². The number of hydrogen-bond acceptors (Lipinski definition) is 3. The van der Waals surface area contributed by atoms with Gasteiger partial charge in [0, 0.05) is 18.8 Å². The largest absolute Gasteiger partial charge is 0.389 e. The maximum absolute atomic E-state index is 9.54. The van der Waals surface area contributed by atoms with Crippen molar-refractivity contribution in [1.29, 1.82) is 0 Å². The monoisotopic (exact) mass is 222 g/mol. The Morgan fingerprint density at radius 3 is 2.62 bits per heavy atom. The van der Waals surface area contributed by atoms with E-state index in [2.05, 4.69) is 30.7 Å². The maximum atomic E-state index is 9.54. The zero-order chi connectivity index (χ0) is 12.3. The molecule has 1 heterocycles. The van der Waals surface area contributed by atoms with Crippen LogP contribution >= 0.6 is 0 Å². The van der Waals surface area contributed by atoms with Gasteiger partial charge in [-0.3, -0.25) is 0 Å². The fourth-order valence-electron chi connectivity index (χ4n) is 1.42. The van der Waals surface area contributed by atoms with Gasteiger partial charge in [0.2, 0.25) is 0 Å². The molecule has 90 valence electrons. The van der Waals surface area contributed by atoms with Crippen LogP contribution in [0, 0.1) is 0 Å². The van der Waals surface area contributed by atoms with E-state index in [1.165, 1.54) is 0 Å². The summed E-state index contributed by atoms with van der Waals surface area (Å²) in [6, 6.07) is 3.79. The first kappa shape index (κ1) is 13.0. The zero-order valence-corrected chi connectivity index (χ0v) is 10.9. The fourth-order valence-corrected chi connectivity index (χ4v) is 1.42. The molecule has 16 heavy (non-hydrogen) atoms. The van der Waals surface area contributed by atoms with Gasteiger partial charge in [-0.15, -0.1) is 0 Å². The Morgan fingerprint density at radius 1 is 1.50 bits per heavy atom. The van der Waals surface area contributed by atoms with Gasteiger partial charge in [-0.05, 0) is 44.9 Å². The zero-order valence-electron chi connectivity index (χ0n) is 10.9. The third-order valence-corrected chi connectivity index (χ3v) is 3.37. The highest BCUT2D eigenvalue weighted by molar-refractivity contribution is 5.43. The summed E-state index contributed by atoms with van der Waals surface area (Å²) >= 11 is 0. The van der Waals surface area contributed by atoms with E-state index in [1.54, 1.807) is 13.1 Å². The normalized spacial score (nSPS) is 13.6. The van der Waals surface area contributed by atoms with Crippen molar-refractivity contribution in [2.24, 2.45) is 0 Å². The lowest BCUT2D eigenvalue weighted by Gasteiger charge is -2.36. The molecule has 0 aliphatic heterocycles. The second kappa shape index (κ2) is 4.83. The SMILES string of the molecule is CCC(C)(C)N(C)c1cc([C@@H](C)O)ccn1. The summed E-state index contributed by atoms with van der Waals surface area (Å²) in [6.07, 6.45) is 2.35. The Bertz CT molecular complexity index is 348. The molecule has 3 heteroatoms. The number of aliphatic hydroxyl groups excluding tert-OH is 1. The van der Waals surface area contributed by atoms with Crippen LogP contribution in [0.1, 0.15) is 45.8 Å². The Kier molecular flexibility index (Phi) is 3.92. The first-order valence-corrected chi connectivity index (χ1v) is 5.76. The Labute approximate surface area is 98.1 Å². The molecule has 0 fully saturated rings. The number of pyridine rings is 1. The minimum Gasteiger partial charge on any atom is -0.389 e. The average Bonchev–Trinajstić information content (AvgIpc) is 2.28. The second-order valence-corrected chi connectivity index (χ2v) is 4.85. The lowest BCUT2D eigenvalue weighted by atomic mass is 10.00. The van der Waals surface area contributed by atoms with Crippen LogP contribution in [-0.2, 0) is 0 Å². The van der Waals surface area contributed by atoms with Crippen LogP contribution in [0.3, 0.4) is 0 Å². The Balaban J connectivity index is 3.00. The van der Waals surface area contributed by atoms with Gasteiger partial charge < -0.3 is 10.0 Å². The highest BCUT2D eigenvalue weighted by Crippen LogP contribution is 2.24. The molecular formula is C13H22N2O. The molecule has 0 aromatic carbocycles.